The molecule has 2 aromatic rings. The number of nitrogens with zero attached hydrogens (tertiary/aromatic N) is 2. The highest BCUT2D eigenvalue weighted by molar-refractivity contribution is 5.94. The lowest BCUT2D eigenvalue weighted by Crippen LogP contribution is -2.22. The molecule has 0 bridgehead atoms. The molecule has 0 spiro atoms. The molecule has 0 saturated heterocycles. The smallest absolute Gasteiger partial charge is 0.251 e. The zero-order valence-electron chi connectivity index (χ0n) is 13.0. The van der Waals surface area contributed by atoms with Crippen LogP contribution in [0.25, 0.3) is 0 Å². The Hall–Kier alpha value is -2.30. The van der Waals surface area contributed by atoms with Gasteiger partial charge in [0, 0.05) is 37.2 Å². The van der Waals surface area contributed by atoms with Crippen molar-refractivity contribution in [2.45, 2.75) is 26.8 Å². The molecule has 1 amide bonds. The molecule has 1 aromatic carbocycles. The van der Waals surface area contributed by atoms with Crippen molar-refractivity contribution in [3.05, 3.63) is 47.5 Å². The van der Waals surface area contributed by atoms with E-state index in [4.69, 9.17) is 0 Å². The molecule has 1 atom stereocenters. The summed E-state index contributed by atoms with van der Waals surface area (Å²) in [4.78, 5) is 16.2. The van der Waals surface area contributed by atoms with Crippen LogP contribution in [0.15, 0.2) is 30.6 Å². The van der Waals surface area contributed by atoms with Gasteiger partial charge in [0.15, 0.2) is 0 Å². The van der Waals surface area contributed by atoms with Crippen molar-refractivity contribution < 1.29 is 4.79 Å². The van der Waals surface area contributed by atoms with Crippen LogP contribution in [0.1, 0.15) is 41.6 Å². The summed E-state index contributed by atoms with van der Waals surface area (Å²) in [6.07, 6.45) is 3.72. The fourth-order valence-electron chi connectivity index (χ4n) is 2.32. The Morgan fingerprint density at radius 2 is 2.19 bits per heavy atom. The second-order valence-corrected chi connectivity index (χ2v) is 5.15. The zero-order valence-corrected chi connectivity index (χ0v) is 13.0. The molecule has 112 valence electrons. The number of amides is 1. The Bertz CT molecular complexity index is 633. The van der Waals surface area contributed by atoms with Crippen LogP contribution in [-0.4, -0.2) is 22.0 Å². The first-order chi connectivity index (χ1) is 10.0. The largest absolute Gasteiger partial charge is 0.375 e. The van der Waals surface area contributed by atoms with Gasteiger partial charge in [-0.15, -0.1) is 0 Å². The van der Waals surface area contributed by atoms with E-state index in [1.54, 1.807) is 6.20 Å². The molecule has 2 rings (SSSR count). The predicted molar refractivity (Wildman–Crippen MR) is 84.4 cm³/mol. The Kier molecular flexibility index (Phi) is 4.62. The first-order valence-corrected chi connectivity index (χ1v) is 7.15. The average Bonchev–Trinajstić information content (AvgIpc) is 2.87. The first-order valence-electron chi connectivity index (χ1n) is 7.15. The van der Waals surface area contributed by atoms with Crippen molar-refractivity contribution in [2.24, 2.45) is 7.05 Å². The topological polar surface area (TPSA) is 59.0 Å². The van der Waals surface area contributed by atoms with Crippen LogP contribution in [0, 0.1) is 6.92 Å². The second-order valence-electron chi connectivity index (χ2n) is 5.15. The number of benzene rings is 1. The monoisotopic (exact) mass is 286 g/mol. The van der Waals surface area contributed by atoms with Gasteiger partial charge in [0.25, 0.3) is 5.91 Å². The molecule has 2 N–H and O–H groups in total. The first kappa shape index (κ1) is 15.1. The molecular weight excluding hydrogens is 264 g/mol. The predicted octanol–water partition coefficient (Wildman–Crippen LogP) is 2.65. The van der Waals surface area contributed by atoms with E-state index in [9.17, 15) is 4.79 Å². The summed E-state index contributed by atoms with van der Waals surface area (Å²) < 4.78 is 2.00. The lowest BCUT2D eigenvalue weighted by molar-refractivity contribution is 0.0956. The number of nitrogens with one attached hydrogen (secondary N) is 2. The number of hydrogen-bond donors (Lipinski definition) is 2. The lowest BCUT2D eigenvalue weighted by Gasteiger charge is -2.17. The zero-order chi connectivity index (χ0) is 15.4. The Balaban J connectivity index is 2.14. The molecule has 1 aromatic heterocycles. The number of anilines is 1. The van der Waals surface area contributed by atoms with E-state index >= 15 is 0 Å². The number of imidazole rings is 1. The van der Waals surface area contributed by atoms with Crippen LogP contribution in [0.2, 0.25) is 0 Å². The highest BCUT2D eigenvalue weighted by Crippen LogP contribution is 2.22. The maximum atomic E-state index is 11.8. The summed E-state index contributed by atoms with van der Waals surface area (Å²) in [6, 6.07) is 5.78. The van der Waals surface area contributed by atoms with Crippen molar-refractivity contribution in [3.63, 3.8) is 0 Å². The SMILES string of the molecule is CCNC(=O)c1ccc(NC(C)c2nccn2C)c(C)c1. The molecule has 5 heteroatoms. The molecule has 0 saturated carbocycles. The van der Waals surface area contributed by atoms with Crippen molar-refractivity contribution in [1.82, 2.24) is 14.9 Å². The Labute approximate surface area is 125 Å². The quantitative estimate of drug-likeness (QED) is 0.888. The molecule has 0 radical (unpaired) electrons. The van der Waals surface area contributed by atoms with E-state index in [1.807, 2.05) is 49.9 Å². The minimum absolute atomic E-state index is 0.0377. The maximum Gasteiger partial charge on any atom is 0.251 e. The van der Waals surface area contributed by atoms with Gasteiger partial charge in [0.05, 0.1) is 6.04 Å². The van der Waals surface area contributed by atoms with Gasteiger partial charge in [-0.1, -0.05) is 0 Å². The van der Waals surface area contributed by atoms with Gasteiger partial charge in [-0.2, -0.15) is 0 Å². The standard InChI is InChI=1S/C16H22N4O/c1-5-17-16(21)13-6-7-14(11(2)10-13)19-12(3)15-18-8-9-20(15)4/h6-10,12,19H,5H2,1-4H3,(H,17,21). The van der Waals surface area contributed by atoms with E-state index in [0.29, 0.717) is 12.1 Å². The molecule has 1 unspecified atom stereocenters. The highest BCUT2D eigenvalue weighted by Gasteiger charge is 2.12. The van der Waals surface area contributed by atoms with Crippen molar-refractivity contribution >= 4 is 11.6 Å². The van der Waals surface area contributed by atoms with Crippen LogP contribution < -0.4 is 10.6 Å². The van der Waals surface area contributed by atoms with Crippen LogP contribution in [-0.2, 0) is 7.05 Å². The molecule has 0 aliphatic heterocycles. The molecule has 0 fully saturated rings. The molecule has 21 heavy (non-hydrogen) atoms. The summed E-state index contributed by atoms with van der Waals surface area (Å²) in [6.45, 7) is 6.61. The van der Waals surface area contributed by atoms with E-state index < -0.39 is 0 Å². The van der Waals surface area contributed by atoms with Gasteiger partial charge < -0.3 is 15.2 Å². The van der Waals surface area contributed by atoms with Crippen molar-refractivity contribution in [2.75, 3.05) is 11.9 Å². The van der Waals surface area contributed by atoms with Gasteiger partial charge in [-0.3, -0.25) is 4.79 Å². The van der Waals surface area contributed by atoms with E-state index in [0.717, 1.165) is 17.1 Å². The second kappa shape index (κ2) is 6.43. The number of carbonyl (C=O) groups excluding carboxylic acids is 1. The number of aryl methyl sites for hydroxylation is 2. The summed E-state index contributed by atoms with van der Waals surface area (Å²) in [5.41, 5.74) is 2.74. The minimum atomic E-state index is -0.0377. The van der Waals surface area contributed by atoms with Gasteiger partial charge in [0.2, 0.25) is 0 Å². The Morgan fingerprint density at radius 3 is 2.76 bits per heavy atom. The van der Waals surface area contributed by atoms with E-state index in [-0.39, 0.29) is 11.9 Å². The third-order valence-electron chi connectivity index (χ3n) is 3.44. The van der Waals surface area contributed by atoms with Crippen LogP contribution in [0.5, 0.6) is 0 Å². The Morgan fingerprint density at radius 1 is 1.43 bits per heavy atom. The maximum absolute atomic E-state index is 11.8. The van der Waals surface area contributed by atoms with Gasteiger partial charge in [0.1, 0.15) is 5.82 Å². The molecule has 5 nitrogen and oxygen atoms in total. The molecule has 1 heterocycles. The van der Waals surface area contributed by atoms with Crippen LogP contribution >= 0.6 is 0 Å². The third-order valence-corrected chi connectivity index (χ3v) is 3.44. The number of aromatic nitrogens is 2. The van der Waals surface area contributed by atoms with Gasteiger partial charge in [-0.25, -0.2) is 4.98 Å². The van der Waals surface area contributed by atoms with Gasteiger partial charge >= 0.3 is 0 Å². The fourth-order valence-corrected chi connectivity index (χ4v) is 2.32. The lowest BCUT2D eigenvalue weighted by atomic mass is 10.1. The number of carbonyl (C=O) groups is 1. The van der Waals surface area contributed by atoms with E-state index in [2.05, 4.69) is 22.5 Å². The summed E-state index contributed by atoms with van der Waals surface area (Å²) in [7, 11) is 1.98. The minimum Gasteiger partial charge on any atom is -0.375 e. The van der Waals surface area contributed by atoms with Crippen LogP contribution in [0.4, 0.5) is 5.69 Å². The fraction of sp³-hybridized carbons (Fsp3) is 0.375. The van der Waals surface area contributed by atoms with Gasteiger partial charge in [-0.05, 0) is 44.5 Å². The number of hydrogen-bond acceptors (Lipinski definition) is 3. The van der Waals surface area contributed by atoms with Crippen molar-refractivity contribution in [3.8, 4) is 0 Å². The molecular formula is C16H22N4O. The molecule has 0 aliphatic carbocycles. The van der Waals surface area contributed by atoms with E-state index in [1.165, 1.54) is 0 Å². The summed E-state index contributed by atoms with van der Waals surface area (Å²) >= 11 is 0. The highest BCUT2D eigenvalue weighted by atomic mass is 16.1. The normalized spacial score (nSPS) is 12.0. The summed E-state index contributed by atoms with van der Waals surface area (Å²) in [5, 5.41) is 6.24. The van der Waals surface area contributed by atoms with Crippen molar-refractivity contribution in [1.29, 1.82) is 0 Å². The van der Waals surface area contributed by atoms with Crippen LogP contribution in [0.3, 0.4) is 0 Å². The number of rotatable bonds is 5. The summed E-state index contributed by atoms with van der Waals surface area (Å²) in [5.74, 6) is 0.937. The average molecular weight is 286 g/mol. The molecule has 0 aliphatic rings. The third kappa shape index (κ3) is 3.42.